The molecule has 4 rings (SSSR count). The SMILES string of the molecule is Brc1ccccc1-c1nnc2ccc(N3CCCCC3)nn12. The molecular weight excluding hydrogens is 342 g/mol. The summed E-state index contributed by atoms with van der Waals surface area (Å²) in [6.45, 7) is 2.15. The zero-order valence-corrected chi connectivity index (χ0v) is 13.7. The fraction of sp³-hybridized carbons (Fsp3) is 0.312. The van der Waals surface area contributed by atoms with Crippen LogP contribution in [0.1, 0.15) is 19.3 Å². The Morgan fingerprint density at radius 2 is 1.73 bits per heavy atom. The number of aromatic nitrogens is 4. The lowest BCUT2D eigenvalue weighted by Crippen LogP contribution is -2.30. The number of anilines is 1. The van der Waals surface area contributed by atoms with Gasteiger partial charge in [-0.15, -0.1) is 15.3 Å². The Hall–Kier alpha value is -1.95. The van der Waals surface area contributed by atoms with Crippen LogP contribution < -0.4 is 4.90 Å². The van der Waals surface area contributed by atoms with Gasteiger partial charge in [0.05, 0.1) is 0 Å². The monoisotopic (exact) mass is 357 g/mol. The van der Waals surface area contributed by atoms with Gasteiger partial charge in [-0.2, -0.15) is 4.52 Å². The van der Waals surface area contributed by atoms with Crippen LogP contribution in [0.5, 0.6) is 0 Å². The van der Waals surface area contributed by atoms with Crippen LogP contribution in [0.15, 0.2) is 40.9 Å². The minimum Gasteiger partial charge on any atom is -0.355 e. The fourth-order valence-electron chi connectivity index (χ4n) is 2.88. The molecule has 0 unspecified atom stereocenters. The minimum absolute atomic E-state index is 0.765. The van der Waals surface area contributed by atoms with Crippen LogP contribution in [0.2, 0.25) is 0 Å². The van der Waals surface area contributed by atoms with Gasteiger partial charge in [0.1, 0.15) is 5.82 Å². The molecule has 112 valence electrons. The first-order chi connectivity index (χ1) is 10.8. The van der Waals surface area contributed by atoms with Crippen LogP contribution in [0.3, 0.4) is 0 Å². The average molecular weight is 358 g/mol. The van der Waals surface area contributed by atoms with Gasteiger partial charge in [0.25, 0.3) is 0 Å². The van der Waals surface area contributed by atoms with Gasteiger partial charge in [0, 0.05) is 23.1 Å². The molecule has 0 atom stereocenters. The van der Waals surface area contributed by atoms with Gasteiger partial charge in [0.15, 0.2) is 11.5 Å². The molecule has 0 bridgehead atoms. The van der Waals surface area contributed by atoms with Crippen molar-refractivity contribution in [3.05, 3.63) is 40.9 Å². The molecule has 1 aliphatic heterocycles. The standard InChI is InChI=1S/C16H16BrN5/c17-13-7-3-2-6-12(13)16-19-18-14-8-9-15(20-22(14)16)21-10-4-1-5-11-21/h2-3,6-9H,1,4-5,10-11H2. The molecular formula is C16H16BrN5. The summed E-state index contributed by atoms with van der Waals surface area (Å²) < 4.78 is 2.83. The van der Waals surface area contributed by atoms with Gasteiger partial charge in [0.2, 0.25) is 0 Å². The van der Waals surface area contributed by atoms with E-state index >= 15 is 0 Å². The zero-order valence-electron chi connectivity index (χ0n) is 12.1. The number of hydrogen-bond donors (Lipinski definition) is 0. The molecule has 1 saturated heterocycles. The van der Waals surface area contributed by atoms with Crippen molar-refractivity contribution in [3.63, 3.8) is 0 Å². The Morgan fingerprint density at radius 3 is 2.55 bits per heavy atom. The molecule has 0 radical (unpaired) electrons. The van der Waals surface area contributed by atoms with Crippen LogP contribution >= 0.6 is 15.9 Å². The summed E-state index contributed by atoms with van der Waals surface area (Å²) in [5.41, 5.74) is 1.77. The predicted molar refractivity (Wildman–Crippen MR) is 90.0 cm³/mol. The van der Waals surface area contributed by atoms with E-state index in [2.05, 4.69) is 31.0 Å². The van der Waals surface area contributed by atoms with E-state index in [0.717, 1.165) is 40.4 Å². The second kappa shape index (κ2) is 5.68. The summed E-state index contributed by atoms with van der Waals surface area (Å²) in [5, 5.41) is 13.3. The second-order valence-corrected chi connectivity index (χ2v) is 6.37. The van der Waals surface area contributed by atoms with Crippen LogP contribution in [0.4, 0.5) is 5.82 Å². The Morgan fingerprint density at radius 1 is 0.909 bits per heavy atom. The summed E-state index contributed by atoms with van der Waals surface area (Å²) in [6.07, 6.45) is 3.78. The Kier molecular flexibility index (Phi) is 3.54. The van der Waals surface area contributed by atoms with E-state index in [1.165, 1.54) is 19.3 Å². The van der Waals surface area contributed by atoms with Gasteiger partial charge < -0.3 is 4.90 Å². The molecule has 0 N–H and O–H groups in total. The highest BCUT2D eigenvalue weighted by atomic mass is 79.9. The van der Waals surface area contributed by atoms with E-state index in [1.807, 2.05) is 40.9 Å². The Balaban J connectivity index is 1.81. The van der Waals surface area contributed by atoms with Gasteiger partial charge in [-0.25, -0.2) is 0 Å². The first kappa shape index (κ1) is 13.7. The topological polar surface area (TPSA) is 46.3 Å². The number of piperidine rings is 1. The summed E-state index contributed by atoms with van der Waals surface area (Å²) in [4.78, 5) is 2.34. The Bertz CT molecular complexity index is 807. The molecule has 1 fully saturated rings. The van der Waals surface area contributed by atoms with Crippen molar-refractivity contribution in [2.24, 2.45) is 0 Å². The number of halogens is 1. The predicted octanol–water partition coefficient (Wildman–Crippen LogP) is 3.54. The highest BCUT2D eigenvalue weighted by Gasteiger charge is 2.16. The number of hydrogen-bond acceptors (Lipinski definition) is 4. The first-order valence-corrected chi connectivity index (χ1v) is 8.34. The van der Waals surface area contributed by atoms with E-state index < -0.39 is 0 Å². The molecule has 3 aromatic rings. The second-order valence-electron chi connectivity index (χ2n) is 5.51. The number of rotatable bonds is 2. The lowest BCUT2D eigenvalue weighted by molar-refractivity contribution is 0.570. The third-order valence-corrected chi connectivity index (χ3v) is 4.74. The van der Waals surface area contributed by atoms with Crippen molar-refractivity contribution in [2.75, 3.05) is 18.0 Å². The maximum absolute atomic E-state index is 4.77. The maximum atomic E-state index is 4.77. The van der Waals surface area contributed by atoms with Crippen LogP contribution in [-0.2, 0) is 0 Å². The largest absolute Gasteiger partial charge is 0.355 e. The molecule has 0 spiro atoms. The van der Waals surface area contributed by atoms with E-state index in [-0.39, 0.29) is 0 Å². The van der Waals surface area contributed by atoms with E-state index in [1.54, 1.807) is 0 Å². The fourth-order valence-corrected chi connectivity index (χ4v) is 3.34. The molecule has 1 aliphatic rings. The molecule has 1 aromatic carbocycles. The van der Waals surface area contributed by atoms with E-state index in [4.69, 9.17) is 5.10 Å². The smallest absolute Gasteiger partial charge is 0.186 e. The normalized spacial score (nSPS) is 15.4. The quantitative estimate of drug-likeness (QED) is 0.703. The van der Waals surface area contributed by atoms with Crippen molar-refractivity contribution in [1.82, 2.24) is 19.8 Å². The number of benzene rings is 1. The van der Waals surface area contributed by atoms with Crippen LogP contribution in [0.25, 0.3) is 17.0 Å². The highest BCUT2D eigenvalue weighted by molar-refractivity contribution is 9.10. The molecule has 6 heteroatoms. The lowest BCUT2D eigenvalue weighted by atomic mass is 10.1. The van der Waals surface area contributed by atoms with Gasteiger partial charge in [-0.3, -0.25) is 0 Å². The summed E-state index contributed by atoms with van der Waals surface area (Å²) in [6, 6.07) is 12.0. The first-order valence-electron chi connectivity index (χ1n) is 7.55. The van der Waals surface area contributed by atoms with Crippen LogP contribution in [-0.4, -0.2) is 32.9 Å². The molecule has 2 aromatic heterocycles. The summed E-state index contributed by atoms with van der Waals surface area (Å²) in [5.74, 6) is 1.77. The zero-order chi connectivity index (χ0) is 14.9. The number of fused-ring (bicyclic) bond motifs is 1. The van der Waals surface area contributed by atoms with Crippen molar-refractivity contribution in [1.29, 1.82) is 0 Å². The van der Waals surface area contributed by atoms with Gasteiger partial charge in [-0.1, -0.05) is 28.1 Å². The third kappa shape index (κ3) is 2.37. The summed E-state index contributed by atoms with van der Waals surface area (Å²) >= 11 is 3.58. The van der Waals surface area contributed by atoms with E-state index in [9.17, 15) is 0 Å². The Labute approximate surface area is 137 Å². The van der Waals surface area contributed by atoms with Gasteiger partial charge >= 0.3 is 0 Å². The highest BCUT2D eigenvalue weighted by Crippen LogP contribution is 2.27. The molecule has 22 heavy (non-hydrogen) atoms. The van der Waals surface area contributed by atoms with Crippen molar-refractivity contribution < 1.29 is 0 Å². The minimum atomic E-state index is 0.765. The van der Waals surface area contributed by atoms with E-state index in [0.29, 0.717) is 0 Å². The van der Waals surface area contributed by atoms with Crippen LogP contribution in [0, 0.1) is 0 Å². The molecule has 3 heterocycles. The molecule has 0 amide bonds. The molecule has 0 aliphatic carbocycles. The maximum Gasteiger partial charge on any atom is 0.186 e. The van der Waals surface area contributed by atoms with Crippen molar-refractivity contribution >= 4 is 27.4 Å². The average Bonchev–Trinajstić information content (AvgIpc) is 2.99. The van der Waals surface area contributed by atoms with Crippen molar-refractivity contribution in [2.45, 2.75) is 19.3 Å². The molecule has 0 saturated carbocycles. The molecule has 5 nitrogen and oxygen atoms in total. The number of nitrogens with zero attached hydrogens (tertiary/aromatic N) is 5. The van der Waals surface area contributed by atoms with Gasteiger partial charge in [-0.05, 0) is 43.5 Å². The third-order valence-electron chi connectivity index (χ3n) is 4.04. The summed E-state index contributed by atoms with van der Waals surface area (Å²) in [7, 11) is 0. The lowest BCUT2D eigenvalue weighted by Gasteiger charge is -2.27. The van der Waals surface area contributed by atoms with Crippen molar-refractivity contribution in [3.8, 4) is 11.4 Å².